The topological polar surface area (TPSA) is 49.3 Å². The minimum Gasteiger partial charge on any atom is -0.396 e. The van der Waals surface area contributed by atoms with Crippen molar-refractivity contribution in [2.24, 2.45) is 5.92 Å². The van der Waals surface area contributed by atoms with E-state index in [1.54, 1.807) is 0 Å². The van der Waals surface area contributed by atoms with E-state index in [4.69, 9.17) is 5.11 Å². The summed E-state index contributed by atoms with van der Waals surface area (Å²) in [5, 5.41) is 11.6. The third-order valence-corrected chi connectivity index (χ3v) is 3.36. The number of aliphatic hydroxyl groups is 1. The van der Waals surface area contributed by atoms with E-state index in [9.17, 15) is 4.79 Å². The van der Waals surface area contributed by atoms with Gasteiger partial charge in [0.25, 0.3) is 0 Å². The number of carbonyl (C=O) groups is 1. The molecule has 94 valence electrons. The van der Waals surface area contributed by atoms with Crippen LogP contribution in [0.5, 0.6) is 0 Å². The SMILES string of the molecule is O=C(NCCCCO)C1CCCCCCC1. The molecular weight excluding hydrogens is 202 g/mol. The van der Waals surface area contributed by atoms with Crippen LogP contribution in [-0.4, -0.2) is 24.2 Å². The number of aliphatic hydroxyl groups excluding tert-OH is 1. The molecule has 0 unspecified atom stereocenters. The van der Waals surface area contributed by atoms with Gasteiger partial charge in [-0.3, -0.25) is 4.79 Å². The van der Waals surface area contributed by atoms with Gasteiger partial charge in [0.05, 0.1) is 0 Å². The summed E-state index contributed by atoms with van der Waals surface area (Å²) in [6.45, 7) is 0.940. The van der Waals surface area contributed by atoms with Crippen molar-refractivity contribution in [1.29, 1.82) is 0 Å². The van der Waals surface area contributed by atoms with E-state index in [1.807, 2.05) is 0 Å². The first-order valence-electron chi connectivity index (χ1n) is 6.73. The summed E-state index contributed by atoms with van der Waals surface area (Å²) in [5.41, 5.74) is 0. The van der Waals surface area contributed by atoms with Crippen LogP contribution in [0.15, 0.2) is 0 Å². The van der Waals surface area contributed by atoms with Gasteiger partial charge in [-0.15, -0.1) is 0 Å². The molecule has 0 aromatic rings. The van der Waals surface area contributed by atoms with E-state index < -0.39 is 0 Å². The van der Waals surface area contributed by atoms with Crippen molar-refractivity contribution in [3.05, 3.63) is 0 Å². The van der Waals surface area contributed by atoms with Crippen molar-refractivity contribution in [3.63, 3.8) is 0 Å². The fourth-order valence-corrected chi connectivity index (χ4v) is 2.31. The molecule has 3 nitrogen and oxygen atoms in total. The number of hydrogen-bond acceptors (Lipinski definition) is 2. The lowest BCUT2D eigenvalue weighted by Crippen LogP contribution is -2.32. The summed E-state index contributed by atoms with van der Waals surface area (Å²) in [6.07, 6.45) is 10.1. The highest BCUT2D eigenvalue weighted by Gasteiger charge is 2.18. The quantitative estimate of drug-likeness (QED) is 0.708. The second-order valence-electron chi connectivity index (χ2n) is 4.76. The van der Waals surface area contributed by atoms with Crippen LogP contribution in [0.4, 0.5) is 0 Å². The van der Waals surface area contributed by atoms with Gasteiger partial charge in [-0.05, 0) is 25.7 Å². The molecule has 0 aliphatic heterocycles. The number of rotatable bonds is 5. The zero-order chi connectivity index (χ0) is 11.6. The molecule has 3 heteroatoms. The van der Waals surface area contributed by atoms with E-state index in [0.717, 1.165) is 32.2 Å². The average Bonchev–Trinajstić information content (AvgIpc) is 2.23. The molecule has 2 N–H and O–H groups in total. The molecule has 0 bridgehead atoms. The van der Waals surface area contributed by atoms with E-state index in [2.05, 4.69) is 5.32 Å². The van der Waals surface area contributed by atoms with Crippen LogP contribution in [0.2, 0.25) is 0 Å². The molecule has 0 aromatic heterocycles. The lowest BCUT2D eigenvalue weighted by Gasteiger charge is -2.19. The smallest absolute Gasteiger partial charge is 0.223 e. The largest absolute Gasteiger partial charge is 0.396 e. The van der Waals surface area contributed by atoms with Crippen molar-refractivity contribution < 1.29 is 9.90 Å². The second-order valence-corrected chi connectivity index (χ2v) is 4.76. The molecule has 1 aliphatic carbocycles. The summed E-state index contributed by atoms with van der Waals surface area (Å²) >= 11 is 0. The standard InChI is InChI=1S/C13H25NO2/c15-11-7-6-10-14-13(16)12-8-4-2-1-3-5-9-12/h12,15H,1-11H2,(H,14,16). The van der Waals surface area contributed by atoms with Gasteiger partial charge in [0.2, 0.25) is 5.91 Å². The van der Waals surface area contributed by atoms with Crippen molar-refractivity contribution in [1.82, 2.24) is 5.32 Å². The van der Waals surface area contributed by atoms with E-state index in [1.165, 1.54) is 32.1 Å². The summed E-state index contributed by atoms with van der Waals surface area (Å²) < 4.78 is 0. The van der Waals surface area contributed by atoms with Crippen LogP contribution >= 0.6 is 0 Å². The Morgan fingerprint density at radius 1 is 1.06 bits per heavy atom. The fraction of sp³-hybridized carbons (Fsp3) is 0.923. The molecule has 0 atom stereocenters. The van der Waals surface area contributed by atoms with Crippen LogP contribution in [0, 0.1) is 5.92 Å². The first-order chi connectivity index (χ1) is 7.84. The molecule has 1 saturated carbocycles. The summed E-state index contributed by atoms with van der Waals surface area (Å²) in [4.78, 5) is 11.9. The Kier molecular flexibility index (Phi) is 7.23. The molecule has 0 spiro atoms. The summed E-state index contributed by atoms with van der Waals surface area (Å²) in [5.74, 6) is 0.481. The summed E-state index contributed by atoms with van der Waals surface area (Å²) in [6, 6.07) is 0. The monoisotopic (exact) mass is 227 g/mol. The minimum absolute atomic E-state index is 0.222. The molecule has 16 heavy (non-hydrogen) atoms. The molecule has 0 saturated heterocycles. The maximum Gasteiger partial charge on any atom is 0.223 e. The number of nitrogens with one attached hydrogen (secondary N) is 1. The van der Waals surface area contributed by atoms with Gasteiger partial charge in [0, 0.05) is 19.1 Å². The highest BCUT2D eigenvalue weighted by atomic mass is 16.2. The Morgan fingerprint density at radius 2 is 1.69 bits per heavy atom. The predicted octanol–water partition coefficient (Wildman–Crippen LogP) is 2.24. The van der Waals surface area contributed by atoms with E-state index >= 15 is 0 Å². The van der Waals surface area contributed by atoms with Gasteiger partial charge in [0.1, 0.15) is 0 Å². The van der Waals surface area contributed by atoms with Gasteiger partial charge in [-0.1, -0.05) is 32.1 Å². The van der Waals surface area contributed by atoms with Gasteiger partial charge in [0.15, 0.2) is 0 Å². The van der Waals surface area contributed by atoms with E-state index in [-0.39, 0.29) is 18.4 Å². The predicted molar refractivity (Wildman–Crippen MR) is 65.1 cm³/mol. The highest BCUT2D eigenvalue weighted by molar-refractivity contribution is 5.78. The maximum atomic E-state index is 11.9. The van der Waals surface area contributed by atoms with Crippen LogP contribution in [0.1, 0.15) is 57.8 Å². The normalized spacial score (nSPS) is 18.8. The lowest BCUT2D eigenvalue weighted by atomic mass is 9.90. The number of carbonyl (C=O) groups excluding carboxylic acids is 1. The average molecular weight is 227 g/mol. The minimum atomic E-state index is 0.222. The van der Waals surface area contributed by atoms with Crippen LogP contribution in [-0.2, 0) is 4.79 Å². The Balaban J connectivity index is 2.17. The molecule has 1 rings (SSSR count). The van der Waals surface area contributed by atoms with Crippen molar-refractivity contribution >= 4 is 5.91 Å². The molecule has 0 radical (unpaired) electrons. The number of unbranched alkanes of at least 4 members (excludes halogenated alkanes) is 1. The summed E-state index contributed by atoms with van der Waals surface area (Å²) in [7, 11) is 0. The van der Waals surface area contributed by atoms with E-state index in [0.29, 0.717) is 0 Å². The second kappa shape index (κ2) is 8.57. The van der Waals surface area contributed by atoms with Crippen molar-refractivity contribution in [3.8, 4) is 0 Å². The lowest BCUT2D eigenvalue weighted by molar-refractivity contribution is -0.125. The van der Waals surface area contributed by atoms with Crippen molar-refractivity contribution in [2.45, 2.75) is 57.8 Å². The van der Waals surface area contributed by atoms with Gasteiger partial charge >= 0.3 is 0 Å². The first kappa shape index (κ1) is 13.5. The Hall–Kier alpha value is -0.570. The number of amides is 1. The molecule has 1 aliphatic rings. The molecule has 1 amide bonds. The van der Waals surface area contributed by atoms with Crippen LogP contribution in [0.3, 0.4) is 0 Å². The van der Waals surface area contributed by atoms with Gasteiger partial charge in [-0.2, -0.15) is 0 Å². The fourth-order valence-electron chi connectivity index (χ4n) is 2.31. The molecule has 1 fully saturated rings. The first-order valence-corrected chi connectivity index (χ1v) is 6.73. The third-order valence-electron chi connectivity index (χ3n) is 3.36. The Morgan fingerprint density at radius 3 is 2.31 bits per heavy atom. The maximum absolute atomic E-state index is 11.9. The Labute approximate surface area is 98.6 Å². The number of hydrogen-bond donors (Lipinski definition) is 2. The molecule has 0 heterocycles. The van der Waals surface area contributed by atoms with Gasteiger partial charge in [-0.25, -0.2) is 0 Å². The van der Waals surface area contributed by atoms with Crippen LogP contribution in [0.25, 0.3) is 0 Å². The highest BCUT2D eigenvalue weighted by Crippen LogP contribution is 2.22. The van der Waals surface area contributed by atoms with Crippen molar-refractivity contribution in [2.75, 3.05) is 13.2 Å². The third kappa shape index (κ3) is 5.50. The zero-order valence-corrected chi connectivity index (χ0v) is 10.2. The Bertz CT molecular complexity index is 186. The van der Waals surface area contributed by atoms with Gasteiger partial charge < -0.3 is 10.4 Å². The van der Waals surface area contributed by atoms with Crippen LogP contribution < -0.4 is 5.32 Å². The molecular formula is C13H25NO2. The zero-order valence-electron chi connectivity index (χ0n) is 10.2. The molecule has 0 aromatic carbocycles.